The van der Waals surface area contributed by atoms with Gasteiger partial charge in [0.1, 0.15) is 0 Å². The maximum absolute atomic E-state index is 8.89. The summed E-state index contributed by atoms with van der Waals surface area (Å²) in [5.41, 5.74) is 0. The molecule has 0 amide bonds. The van der Waals surface area contributed by atoms with Crippen LogP contribution in [0.4, 0.5) is 0 Å². The number of hydrogen-bond donors (Lipinski definition) is 2. The first kappa shape index (κ1) is 6.05. The average molecular weight is 115 g/mol. The van der Waals surface area contributed by atoms with Crippen molar-refractivity contribution in [2.24, 2.45) is 0 Å². The Balaban J connectivity index is 2.23. The minimum atomic E-state index is -0.293. The second-order valence-corrected chi connectivity index (χ2v) is 2.30. The first-order valence-electron chi connectivity index (χ1n) is 2.97. The van der Waals surface area contributed by atoms with Crippen molar-refractivity contribution in [1.82, 2.24) is 0 Å². The number of rotatable bonds is 0. The van der Waals surface area contributed by atoms with E-state index in [1.807, 2.05) is 6.42 Å². The van der Waals surface area contributed by atoms with Gasteiger partial charge < -0.3 is 10.2 Å². The molecule has 0 aliphatic heterocycles. The van der Waals surface area contributed by atoms with Gasteiger partial charge in [0.25, 0.3) is 0 Å². The minimum Gasteiger partial charge on any atom is -0.393 e. The summed E-state index contributed by atoms with van der Waals surface area (Å²) < 4.78 is 0. The molecule has 2 N–H and O–H groups in total. The SMILES string of the molecule is O[C@@H]1C[CH]C[C@H](O)C1. The third kappa shape index (κ3) is 1.46. The highest BCUT2D eigenvalue weighted by Gasteiger charge is 2.16. The highest BCUT2D eigenvalue weighted by atomic mass is 16.3. The Morgan fingerprint density at radius 3 is 1.88 bits per heavy atom. The molecular weight excluding hydrogens is 104 g/mol. The lowest BCUT2D eigenvalue weighted by Crippen LogP contribution is -2.23. The van der Waals surface area contributed by atoms with Crippen LogP contribution in [-0.2, 0) is 0 Å². The molecule has 0 aromatic rings. The predicted octanol–water partition coefficient (Wildman–Crippen LogP) is 0.0964. The smallest absolute Gasteiger partial charge is 0.0567 e. The van der Waals surface area contributed by atoms with E-state index < -0.39 is 0 Å². The van der Waals surface area contributed by atoms with Crippen molar-refractivity contribution < 1.29 is 10.2 Å². The summed E-state index contributed by atoms with van der Waals surface area (Å²) in [6, 6.07) is 0. The second-order valence-electron chi connectivity index (χ2n) is 2.30. The van der Waals surface area contributed by atoms with Crippen LogP contribution < -0.4 is 0 Å². The zero-order valence-corrected chi connectivity index (χ0v) is 4.75. The Kier molecular flexibility index (Phi) is 1.86. The normalized spacial score (nSPS) is 39.8. The fraction of sp³-hybridized carbons (Fsp3) is 0.833. The molecule has 1 rings (SSSR count). The molecule has 1 aliphatic rings. The fourth-order valence-electron chi connectivity index (χ4n) is 0.988. The van der Waals surface area contributed by atoms with E-state index in [1.54, 1.807) is 0 Å². The molecular formula is C6H11O2. The summed E-state index contributed by atoms with van der Waals surface area (Å²) in [4.78, 5) is 0. The Hall–Kier alpha value is -0.0800. The fourth-order valence-corrected chi connectivity index (χ4v) is 0.988. The first-order chi connectivity index (χ1) is 3.79. The largest absolute Gasteiger partial charge is 0.393 e. The molecule has 2 nitrogen and oxygen atoms in total. The van der Waals surface area contributed by atoms with Crippen molar-refractivity contribution in [2.75, 3.05) is 0 Å². The van der Waals surface area contributed by atoms with Gasteiger partial charge in [-0.1, -0.05) is 0 Å². The van der Waals surface area contributed by atoms with E-state index in [2.05, 4.69) is 0 Å². The van der Waals surface area contributed by atoms with Crippen LogP contribution in [0.2, 0.25) is 0 Å². The highest BCUT2D eigenvalue weighted by molar-refractivity contribution is 4.82. The van der Waals surface area contributed by atoms with Gasteiger partial charge in [-0.25, -0.2) is 0 Å². The van der Waals surface area contributed by atoms with Crippen LogP contribution in [0.25, 0.3) is 0 Å². The monoisotopic (exact) mass is 115 g/mol. The quantitative estimate of drug-likeness (QED) is 0.470. The summed E-state index contributed by atoms with van der Waals surface area (Å²) in [6.07, 6.45) is 3.39. The minimum absolute atomic E-state index is 0.293. The summed E-state index contributed by atoms with van der Waals surface area (Å²) >= 11 is 0. The molecule has 0 aromatic heterocycles. The van der Waals surface area contributed by atoms with Crippen molar-refractivity contribution in [3.8, 4) is 0 Å². The molecule has 8 heavy (non-hydrogen) atoms. The standard InChI is InChI=1S/C6H11O2/c7-5-2-1-3-6(8)4-5/h1,5-8H,2-4H2/t5-,6+. The molecule has 0 bridgehead atoms. The topological polar surface area (TPSA) is 40.5 Å². The van der Waals surface area contributed by atoms with Gasteiger partial charge in [0.15, 0.2) is 0 Å². The van der Waals surface area contributed by atoms with Crippen molar-refractivity contribution >= 4 is 0 Å². The molecule has 0 heterocycles. The molecule has 0 aromatic carbocycles. The molecule has 2 atom stereocenters. The molecule has 1 radical (unpaired) electrons. The second kappa shape index (κ2) is 2.46. The molecule has 1 aliphatic carbocycles. The van der Waals surface area contributed by atoms with E-state index in [1.165, 1.54) is 0 Å². The number of aliphatic hydroxyl groups is 2. The Labute approximate surface area is 49.1 Å². The van der Waals surface area contributed by atoms with Gasteiger partial charge in [-0.05, 0) is 25.7 Å². The third-order valence-electron chi connectivity index (χ3n) is 1.42. The van der Waals surface area contributed by atoms with Crippen LogP contribution in [-0.4, -0.2) is 22.4 Å². The van der Waals surface area contributed by atoms with Crippen LogP contribution in [0.1, 0.15) is 19.3 Å². The summed E-state index contributed by atoms with van der Waals surface area (Å²) in [6.45, 7) is 0. The van der Waals surface area contributed by atoms with E-state index in [9.17, 15) is 0 Å². The van der Waals surface area contributed by atoms with E-state index >= 15 is 0 Å². The third-order valence-corrected chi connectivity index (χ3v) is 1.42. The van der Waals surface area contributed by atoms with E-state index in [4.69, 9.17) is 10.2 Å². The molecule has 47 valence electrons. The van der Waals surface area contributed by atoms with Gasteiger partial charge >= 0.3 is 0 Å². The molecule has 1 fully saturated rings. The molecule has 1 saturated carbocycles. The maximum Gasteiger partial charge on any atom is 0.0567 e. The van der Waals surface area contributed by atoms with Crippen LogP contribution in [0, 0.1) is 6.42 Å². The Bertz CT molecular complexity index is 64.9. The van der Waals surface area contributed by atoms with Crippen molar-refractivity contribution in [1.29, 1.82) is 0 Å². The van der Waals surface area contributed by atoms with Crippen molar-refractivity contribution in [3.63, 3.8) is 0 Å². The van der Waals surface area contributed by atoms with Gasteiger partial charge in [0.2, 0.25) is 0 Å². The lowest BCUT2D eigenvalue weighted by Gasteiger charge is -2.20. The summed E-state index contributed by atoms with van der Waals surface area (Å²) in [7, 11) is 0. The van der Waals surface area contributed by atoms with E-state index in [-0.39, 0.29) is 12.2 Å². The van der Waals surface area contributed by atoms with Crippen LogP contribution in [0.3, 0.4) is 0 Å². The van der Waals surface area contributed by atoms with Crippen LogP contribution >= 0.6 is 0 Å². The summed E-state index contributed by atoms with van der Waals surface area (Å²) in [5, 5.41) is 17.8. The molecule has 2 heteroatoms. The molecule has 0 unspecified atom stereocenters. The average Bonchev–Trinajstić information content (AvgIpc) is 1.64. The van der Waals surface area contributed by atoms with Crippen LogP contribution in [0.15, 0.2) is 0 Å². The van der Waals surface area contributed by atoms with Gasteiger partial charge in [-0.3, -0.25) is 0 Å². The van der Waals surface area contributed by atoms with Crippen LogP contribution in [0.5, 0.6) is 0 Å². The maximum atomic E-state index is 8.89. The van der Waals surface area contributed by atoms with Crippen molar-refractivity contribution in [3.05, 3.63) is 6.42 Å². The van der Waals surface area contributed by atoms with Crippen molar-refractivity contribution in [2.45, 2.75) is 31.5 Å². The highest BCUT2D eigenvalue weighted by Crippen LogP contribution is 2.16. The number of hydrogen-bond acceptors (Lipinski definition) is 2. The predicted molar refractivity (Wildman–Crippen MR) is 30.2 cm³/mol. The summed E-state index contributed by atoms with van der Waals surface area (Å²) in [5.74, 6) is 0. The zero-order valence-electron chi connectivity index (χ0n) is 4.75. The Morgan fingerprint density at radius 2 is 1.62 bits per heavy atom. The van der Waals surface area contributed by atoms with E-state index in [0.29, 0.717) is 6.42 Å². The first-order valence-corrected chi connectivity index (χ1v) is 2.97. The van der Waals surface area contributed by atoms with E-state index in [0.717, 1.165) is 12.8 Å². The molecule has 0 spiro atoms. The molecule has 0 saturated heterocycles. The van der Waals surface area contributed by atoms with Gasteiger partial charge in [0.05, 0.1) is 12.2 Å². The Morgan fingerprint density at radius 1 is 1.12 bits per heavy atom. The van der Waals surface area contributed by atoms with Gasteiger partial charge in [0, 0.05) is 0 Å². The zero-order chi connectivity index (χ0) is 5.98. The number of aliphatic hydroxyl groups excluding tert-OH is 2. The lowest BCUT2D eigenvalue weighted by atomic mass is 9.95. The lowest BCUT2D eigenvalue weighted by molar-refractivity contribution is 0.0590. The van der Waals surface area contributed by atoms with Gasteiger partial charge in [-0.15, -0.1) is 0 Å². The van der Waals surface area contributed by atoms with Gasteiger partial charge in [-0.2, -0.15) is 0 Å².